The molecule has 10 heteroatoms. The molecule has 0 saturated carbocycles. The highest BCUT2D eigenvalue weighted by atomic mass is 32.2. The summed E-state index contributed by atoms with van der Waals surface area (Å²) >= 11 is 0. The van der Waals surface area contributed by atoms with Gasteiger partial charge in [-0.25, -0.2) is 9.52 Å². The minimum Gasteiger partial charge on any atom is -0.497 e. The van der Waals surface area contributed by atoms with Crippen LogP contribution in [-0.2, 0) is 21.4 Å². The van der Waals surface area contributed by atoms with Gasteiger partial charge in [0.2, 0.25) is 5.91 Å². The van der Waals surface area contributed by atoms with Crippen LogP contribution in [0.25, 0.3) is 0 Å². The number of ether oxygens (including phenoxy) is 1. The topological polar surface area (TPSA) is 117 Å². The highest BCUT2D eigenvalue weighted by molar-refractivity contribution is 7.91. The highest BCUT2D eigenvalue weighted by Gasteiger charge is 2.27. The van der Waals surface area contributed by atoms with E-state index in [0.29, 0.717) is 17.1 Å². The maximum absolute atomic E-state index is 13.4. The number of amides is 3. The van der Waals surface area contributed by atoms with Gasteiger partial charge < -0.3 is 15.0 Å². The van der Waals surface area contributed by atoms with Crippen molar-refractivity contribution in [2.45, 2.75) is 26.3 Å². The van der Waals surface area contributed by atoms with E-state index < -0.39 is 28.2 Å². The van der Waals surface area contributed by atoms with Crippen LogP contribution in [0.2, 0.25) is 0 Å². The van der Waals surface area contributed by atoms with Crippen molar-refractivity contribution in [2.24, 2.45) is 0 Å². The molecule has 1 atom stereocenters. The first-order valence-corrected chi connectivity index (χ1v) is 12.7. The van der Waals surface area contributed by atoms with Gasteiger partial charge in [-0.15, -0.1) is 0 Å². The van der Waals surface area contributed by atoms with Crippen LogP contribution in [-0.4, -0.2) is 40.6 Å². The molecule has 3 N–H and O–H groups in total. The molecule has 3 rings (SSSR count). The zero-order valence-electron chi connectivity index (χ0n) is 20.6. The summed E-state index contributed by atoms with van der Waals surface area (Å²) in [4.78, 5) is 27.4. The minimum atomic E-state index is -4.24. The summed E-state index contributed by atoms with van der Waals surface area (Å²) in [7, 11) is -1.11. The average Bonchev–Trinajstić information content (AvgIpc) is 2.85. The fraction of sp³-hybridized carbons (Fsp3) is 0.231. The number of aryl methyl sites for hydroxylation is 2. The van der Waals surface area contributed by atoms with Gasteiger partial charge in [-0.3, -0.25) is 9.52 Å². The molecule has 0 aliphatic rings. The summed E-state index contributed by atoms with van der Waals surface area (Å²) < 4.78 is 34.5. The Morgan fingerprint density at radius 3 is 2.22 bits per heavy atom. The number of benzene rings is 3. The molecule has 36 heavy (non-hydrogen) atoms. The van der Waals surface area contributed by atoms with Gasteiger partial charge >= 0.3 is 16.2 Å². The Kier molecular flexibility index (Phi) is 8.55. The van der Waals surface area contributed by atoms with Gasteiger partial charge in [-0.2, -0.15) is 8.42 Å². The van der Waals surface area contributed by atoms with Gasteiger partial charge in [0.25, 0.3) is 0 Å². The number of methoxy groups -OCH3 is 1. The lowest BCUT2D eigenvalue weighted by atomic mass is 10.0. The maximum Gasteiger partial charge on any atom is 0.330 e. The molecule has 9 nitrogen and oxygen atoms in total. The monoisotopic (exact) mass is 510 g/mol. The van der Waals surface area contributed by atoms with Crippen LogP contribution in [0.15, 0.2) is 72.8 Å². The summed E-state index contributed by atoms with van der Waals surface area (Å²) in [6, 6.07) is 19.0. The number of urea groups is 1. The molecule has 190 valence electrons. The number of carbonyl (C=O) groups is 2. The van der Waals surface area contributed by atoms with Crippen LogP contribution >= 0.6 is 0 Å². The predicted molar refractivity (Wildman–Crippen MR) is 140 cm³/mol. The first-order valence-electron chi connectivity index (χ1n) is 11.2. The lowest BCUT2D eigenvalue weighted by molar-refractivity contribution is -0.120. The molecule has 3 aromatic carbocycles. The Hall–Kier alpha value is -4.05. The van der Waals surface area contributed by atoms with E-state index in [1.54, 1.807) is 56.6 Å². The van der Waals surface area contributed by atoms with Gasteiger partial charge in [0.1, 0.15) is 11.8 Å². The molecule has 3 amide bonds. The Bertz CT molecular complexity index is 1310. The smallest absolute Gasteiger partial charge is 0.330 e. The van der Waals surface area contributed by atoms with Crippen molar-refractivity contribution >= 4 is 33.5 Å². The second-order valence-corrected chi connectivity index (χ2v) is 9.73. The van der Waals surface area contributed by atoms with Crippen LogP contribution in [0.5, 0.6) is 5.75 Å². The summed E-state index contributed by atoms with van der Waals surface area (Å²) in [5, 5.41) is 2.52. The number of likely N-dealkylation sites (N-methyl/N-ethyl adjacent to an activating group) is 1. The van der Waals surface area contributed by atoms with E-state index in [1.165, 1.54) is 4.90 Å². The number of hydrogen-bond donors (Lipinski definition) is 3. The van der Waals surface area contributed by atoms with Crippen molar-refractivity contribution in [1.29, 1.82) is 0 Å². The van der Waals surface area contributed by atoms with E-state index in [9.17, 15) is 18.0 Å². The van der Waals surface area contributed by atoms with E-state index in [0.717, 1.165) is 16.7 Å². The van der Waals surface area contributed by atoms with E-state index in [4.69, 9.17) is 4.74 Å². The van der Waals surface area contributed by atoms with Crippen LogP contribution in [0, 0.1) is 13.8 Å². The molecular formula is C26H30N4O5S. The third-order valence-electron chi connectivity index (χ3n) is 5.66. The largest absolute Gasteiger partial charge is 0.497 e. The van der Waals surface area contributed by atoms with Crippen molar-refractivity contribution in [3.05, 3.63) is 89.5 Å². The molecule has 0 bridgehead atoms. The maximum atomic E-state index is 13.4. The second kappa shape index (κ2) is 11.6. The molecule has 0 aliphatic carbocycles. The number of rotatable bonds is 9. The lowest BCUT2D eigenvalue weighted by Gasteiger charge is -2.25. The molecule has 0 aromatic heterocycles. The standard InChI is InChI=1S/C26H30N4O5S/c1-18-10-11-21(16-19(18)2)28-36(33,34)29-26(32)27-24(17-20-8-6-5-7-9-20)25(31)30(3)22-12-14-23(35-4)15-13-22/h5-16,24,28H,17H2,1-4H3,(H2,27,29,32)/t24-/m0/s1. The first-order chi connectivity index (χ1) is 17.1. The molecule has 0 radical (unpaired) electrons. The van der Waals surface area contributed by atoms with Gasteiger partial charge in [-0.05, 0) is 66.9 Å². The van der Waals surface area contributed by atoms with Crippen molar-refractivity contribution in [2.75, 3.05) is 23.8 Å². The Labute approximate surface area is 211 Å². The fourth-order valence-corrected chi connectivity index (χ4v) is 4.30. The van der Waals surface area contributed by atoms with Crippen LogP contribution in [0.4, 0.5) is 16.2 Å². The molecule has 0 unspecified atom stereocenters. The Morgan fingerprint density at radius 1 is 0.944 bits per heavy atom. The van der Waals surface area contributed by atoms with Crippen molar-refractivity contribution in [3.8, 4) is 5.75 Å². The fourth-order valence-electron chi connectivity index (χ4n) is 3.51. The molecule has 3 aromatic rings. The molecule has 0 spiro atoms. The SMILES string of the molecule is COc1ccc(N(C)C(=O)[C@H](Cc2ccccc2)NC(=O)NS(=O)(=O)Nc2ccc(C)c(C)c2)cc1. The van der Waals surface area contributed by atoms with Crippen molar-refractivity contribution < 1.29 is 22.7 Å². The molecule has 0 aliphatic heterocycles. The number of nitrogens with one attached hydrogen (secondary N) is 3. The lowest BCUT2D eigenvalue weighted by Crippen LogP contribution is -2.53. The number of anilines is 2. The van der Waals surface area contributed by atoms with Crippen molar-refractivity contribution in [1.82, 2.24) is 10.0 Å². The quantitative estimate of drug-likeness (QED) is 0.407. The van der Waals surface area contributed by atoms with Crippen LogP contribution in [0.3, 0.4) is 0 Å². The van der Waals surface area contributed by atoms with E-state index in [2.05, 4.69) is 10.0 Å². The van der Waals surface area contributed by atoms with Gasteiger partial charge in [0.05, 0.1) is 12.8 Å². The number of nitrogens with zero attached hydrogens (tertiary/aromatic N) is 1. The first kappa shape index (κ1) is 26.6. The normalized spacial score (nSPS) is 11.8. The Morgan fingerprint density at radius 2 is 1.61 bits per heavy atom. The van der Waals surface area contributed by atoms with Crippen LogP contribution < -0.4 is 24.4 Å². The van der Waals surface area contributed by atoms with Crippen LogP contribution in [0.1, 0.15) is 16.7 Å². The Balaban J connectivity index is 1.75. The van der Waals surface area contributed by atoms with Gasteiger partial charge in [0.15, 0.2) is 0 Å². The summed E-state index contributed by atoms with van der Waals surface area (Å²) in [5.74, 6) is 0.220. The third kappa shape index (κ3) is 7.22. The van der Waals surface area contributed by atoms with E-state index in [1.807, 2.05) is 48.9 Å². The highest BCUT2D eigenvalue weighted by Crippen LogP contribution is 2.20. The minimum absolute atomic E-state index is 0.165. The predicted octanol–water partition coefficient (Wildman–Crippen LogP) is 3.54. The van der Waals surface area contributed by atoms with Gasteiger partial charge in [0, 0.05) is 19.2 Å². The summed E-state index contributed by atoms with van der Waals surface area (Å²) in [6.45, 7) is 3.76. The van der Waals surface area contributed by atoms with E-state index in [-0.39, 0.29) is 6.42 Å². The summed E-state index contributed by atoms with van der Waals surface area (Å²) in [6.07, 6.45) is 0.165. The average molecular weight is 511 g/mol. The molecule has 0 saturated heterocycles. The van der Waals surface area contributed by atoms with E-state index >= 15 is 0 Å². The number of carbonyl (C=O) groups excluding carboxylic acids is 2. The zero-order valence-corrected chi connectivity index (χ0v) is 21.4. The summed E-state index contributed by atoms with van der Waals surface area (Å²) in [5.41, 5.74) is 3.61. The van der Waals surface area contributed by atoms with Gasteiger partial charge in [-0.1, -0.05) is 36.4 Å². The molecule has 0 heterocycles. The van der Waals surface area contributed by atoms with Crippen molar-refractivity contribution in [3.63, 3.8) is 0 Å². The molecule has 0 fully saturated rings. The zero-order chi connectivity index (χ0) is 26.3. The number of hydrogen-bond acceptors (Lipinski definition) is 5. The third-order valence-corrected chi connectivity index (χ3v) is 6.62. The second-order valence-electron chi connectivity index (χ2n) is 8.32. The molecular weight excluding hydrogens is 480 g/mol.